The lowest BCUT2D eigenvalue weighted by Crippen LogP contribution is -2.58. The van der Waals surface area contributed by atoms with Gasteiger partial charge in [-0.05, 0) is 79.7 Å². The predicted molar refractivity (Wildman–Crippen MR) is 106 cm³/mol. The molecule has 0 bridgehead atoms. The Hall–Kier alpha value is -1.17. The highest BCUT2D eigenvalue weighted by Crippen LogP contribution is 2.77. The van der Waals surface area contributed by atoms with Gasteiger partial charge in [-0.3, -0.25) is 0 Å². The van der Waals surface area contributed by atoms with E-state index in [2.05, 4.69) is 13.8 Å². The van der Waals surface area contributed by atoms with Crippen LogP contribution in [0.5, 0.6) is 0 Å². The first kappa shape index (κ1) is 18.6. The van der Waals surface area contributed by atoms with Crippen LogP contribution >= 0.6 is 0 Å². The van der Waals surface area contributed by atoms with Crippen LogP contribution in [-0.4, -0.2) is 34.1 Å². The van der Waals surface area contributed by atoms with Gasteiger partial charge >= 0.3 is 5.63 Å². The van der Waals surface area contributed by atoms with E-state index in [1.54, 1.807) is 6.26 Å². The molecule has 0 radical (unpaired) electrons. The molecule has 158 valence electrons. The average Bonchev–Trinajstić information content (AvgIpc) is 3.40. The van der Waals surface area contributed by atoms with E-state index < -0.39 is 6.10 Å². The zero-order valence-electron chi connectivity index (χ0n) is 17.3. The van der Waals surface area contributed by atoms with Crippen molar-refractivity contribution in [1.29, 1.82) is 0 Å². The van der Waals surface area contributed by atoms with Crippen LogP contribution in [0.3, 0.4) is 0 Å². The minimum Gasteiger partial charge on any atom is -0.431 e. The van der Waals surface area contributed by atoms with Gasteiger partial charge in [0.05, 0.1) is 18.5 Å². The summed E-state index contributed by atoms with van der Waals surface area (Å²) in [7, 11) is 0. The van der Waals surface area contributed by atoms with Gasteiger partial charge < -0.3 is 19.4 Å². The first-order chi connectivity index (χ1) is 13.8. The normalized spacial score (nSPS) is 55.4. The van der Waals surface area contributed by atoms with Gasteiger partial charge in [-0.15, -0.1) is 0 Å². The van der Waals surface area contributed by atoms with Crippen LogP contribution in [0.15, 0.2) is 27.6 Å². The zero-order chi connectivity index (χ0) is 20.2. The Labute approximate surface area is 171 Å². The summed E-state index contributed by atoms with van der Waals surface area (Å²) in [5, 5.41) is 21.5. The monoisotopic (exact) mass is 400 g/mol. The van der Waals surface area contributed by atoms with Gasteiger partial charge in [-0.25, -0.2) is 4.79 Å². The summed E-state index contributed by atoms with van der Waals surface area (Å²) < 4.78 is 11.6. The first-order valence-corrected chi connectivity index (χ1v) is 11.4. The van der Waals surface area contributed by atoms with Crippen LogP contribution < -0.4 is 5.63 Å². The van der Waals surface area contributed by atoms with Crippen LogP contribution in [0.1, 0.15) is 70.3 Å². The summed E-state index contributed by atoms with van der Waals surface area (Å²) in [6.07, 6.45) is 8.19. The number of hydrogen-bond donors (Lipinski definition) is 2. The van der Waals surface area contributed by atoms with E-state index in [9.17, 15) is 15.0 Å². The average molecular weight is 401 g/mol. The van der Waals surface area contributed by atoms with Crippen LogP contribution in [0.4, 0.5) is 0 Å². The third kappa shape index (κ3) is 2.14. The Kier molecular flexibility index (Phi) is 3.68. The highest BCUT2D eigenvalue weighted by atomic mass is 16.6. The van der Waals surface area contributed by atoms with Crippen molar-refractivity contribution < 1.29 is 19.4 Å². The minimum absolute atomic E-state index is 0.0507. The highest BCUT2D eigenvalue weighted by molar-refractivity contribution is 5.38. The summed E-state index contributed by atoms with van der Waals surface area (Å²) in [6, 6.07) is 3.30. The molecule has 5 fully saturated rings. The molecular formula is C24H32O5. The summed E-state index contributed by atoms with van der Waals surface area (Å²) in [6.45, 7) is 4.76. The van der Waals surface area contributed by atoms with E-state index in [0.29, 0.717) is 17.8 Å². The van der Waals surface area contributed by atoms with E-state index in [4.69, 9.17) is 9.15 Å². The van der Waals surface area contributed by atoms with E-state index in [1.807, 2.05) is 6.07 Å². The number of rotatable bonds is 1. The Balaban J connectivity index is 1.38. The quantitative estimate of drug-likeness (QED) is 0.707. The van der Waals surface area contributed by atoms with Crippen molar-refractivity contribution in [1.82, 2.24) is 0 Å². The largest absolute Gasteiger partial charge is 0.431 e. The maximum absolute atomic E-state index is 11.5. The molecule has 0 amide bonds. The molecule has 10 atom stereocenters. The number of fused-ring (bicyclic) bond motifs is 3. The van der Waals surface area contributed by atoms with Crippen molar-refractivity contribution in [2.75, 3.05) is 0 Å². The summed E-state index contributed by atoms with van der Waals surface area (Å²) in [4.78, 5) is 11.5. The fourth-order valence-corrected chi connectivity index (χ4v) is 8.81. The van der Waals surface area contributed by atoms with Crippen LogP contribution in [0, 0.1) is 28.6 Å². The fraction of sp³-hybridized carbons (Fsp3) is 0.792. The molecule has 2 heterocycles. The standard InChI is InChI=1S/C24H32O5/c1-22-9-7-15(25)11-14(22)4-5-17-16(22)8-10-23(2)19(13-3-6-18(26)28-12-13)20(27)21-24(17,23)29-21/h3,6,12,14-17,19-21,25,27H,4-5,7-11H2,1-2H3/t14-,15+,16?,17?,19?,20-,21?,22+,23-,24?/m1/s1. The van der Waals surface area contributed by atoms with Crippen molar-refractivity contribution in [3.05, 3.63) is 34.4 Å². The van der Waals surface area contributed by atoms with Crippen LogP contribution in [0.25, 0.3) is 0 Å². The summed E-state index contributed by atoms with van der Waals surface area (Å²) in [5.41, 5.74) is 0.457. The summed E-state index contributed by atoms with van der Waals surface area (Å²) >= 11 is 0. The third-order valence-corrected chi connectivity index (χ3v) is 10.2. The molecule has 1 aromatic rings. The van der Waals surface area contributed by atoms with Crippen molar-refractivity contribution in [3.8, 4) is 0 Å². The van der Waals surface area contributed by atoms with Gasteiger partial charge in [0, 0.05) is 17.4 Å². The second-order valence-electron chi connectivity index (χ2n) is 11.1. The molecule has 0 aromatic carbocycles. The Morgan fingerprint density at radius 1 is 1.03 bits per heavy atom. The molecular weight excluding hydrogens is 368 g/mol. The molecule has 2 N–H and O–H groups in total. The molecule has 4 aliphatic carbocycles. The number of aliphatic hydroxyl groups excluding tert-OH is 2. The van der Waals surface area contributed by atoms with Gasteiger partial charge in [0.2, 0.25) is 0 Å². The SMILES string of the molecule is C[C@]12CC[C@H](O)C[C@H]1CCC1C2CC[C@]2(C)C(c3ccc(=O)oc3)[C@@H](O)C3OC132. The fourth-order valence-electron chi connectivity index (χ4n) is 8.81. The Morgan fingerprint density at radius 3 is 2.62 bits per heavy atom. The zero-order valence-corrected chi connectivity index (χ0v) is 17.3. The second kappa shape index (κ2) is 5.74. The summed E-state index contributed by atoms with van der Waals surface area (Å²) in [5.74, 6) is 1.63. The number of ether oxygens (including phenoxy) is 1. The van der Waals surface area contributed by atoms with Gasteiger partial charge in [-0.2, -0.15) is 0 Å². The molecule has 1 aromatic heterocycles. The first-order valence-electron chi connectivity index (χ1n) is 11.4. The van der Waals surface area contributed by atoms with Gasteiger partial charge in [0.25, 0.3) is 0 Å². The molecule has 1 aliphatic heterocycles. The lowest BCUT2D eigenvalue weighted by Gasteiger charge is -2.61. The van der Waals surface area contributed by atoms with Gasteiger partial charge in [-0.1, -0.05) is 13.8 Å². The molecule has 1 saturated heterocycles. The third-order valence-electron chi connectivity index (χ3n) is 10.2. The van der Waals surface area contributed by atoms with Gasteiger partial charge in [0.1, 0.15) is 11.7 Å². The molecule has 29 heavy (non-hydrogen) atoms. The maximum Gasteiger partial charge on any atom is 0.335 e. The lowest BCUT2D eigenvalue weighted by molar-refractivity contribution is -0.143. The maximum atomic E-state index is 11.5. The molecule has 5 heteroatoms. The van der Waals surface area contributed by atoms with Crippen molar-refractivity contribution in [2.24, 2.45) is 28.6 Å². The molecule has 1 spiro atoms. The molecule has 4 saturated carbocycles. The molecule has 5 unspecified atom stereocenters. The van der Waals surface area contributed by atoms with Crippen LogP contribution in [-0.2, 0) is 4.74 Å². The Bertz CT molecular complexity index is 875. The van der Waals surface area contributed by atoms with E-state index in [-0.39, 0.29) is 40.2 Å². The number of epoxide rings is 1. The van der Waals surface area contributed by atoms with Crippen molar-refractivity contribution in [2.45, 2.75) is 88.6 Å². The van der Waals surface area contributed by atoms with E-state index in [0.717, 1.165) is 50.5 Å². The Morgan fingerprint density at radius 2 is 1.86 bits per heavy atom. The molecule has 6 rings (SSSR count). The predicted octanol–water partition coefficient (Wildman–Crippen LogP) is 3.23. The number of aliphatic hydroxyl groups is 2. The number of hydrogen-bond acceptors (Lipinski definition) is 5. The smallest absolute Gasteiger partial charge is 0.335 e. The molecule has 5 aliphatic rings. The van der Waals surface area contributed by atoms with Crippen molar-refractivity contribution in [3.63, 3.8) is 0 Å². The topological polar surface area (TPSA) is 83.2 Å². The van der Waals surface area contributed by atoms with E-state index >= 15 is 0 Å². The second-order valence-corrected chi connectivity index (χ2v) is 11.1. The van der Waals surface area contributed by atoms with Crippen LogP contribution in [0.2, 0.25) is 0 Å². The lowest BCUT2D eigenvalue weighted by atomic mass is 9.44. The van der Waals surface area contributed by atoms with Gasteiger partial charge in [0.15, 0.2) is 0 Å². The highest BCUT2D eigenvalue weighted by Gasteiger charge is 2.83. The van der Waals surface area contributed by atoms with Crippen molar-refractivity contribution >= 4 is 0 Å². The molecule has 5 nitrogen and oxygen atoms in total. The van der Waals surface area contributed by atoms with E-state index in [1.165, 1.54) is 6.07 Å². The minimum atomic E-state index is -0.551.